The summed E-state index contributed by atoms with van der Waals surface area (Å²) in [6.07, 6.45) is 8.53. The second kappa shape index (κ2) is 3.22. The average molecular weight is 150 g/mol. The van der Waals surface area contributed by atoms with E-state index in [4.69, 9.17) is 11.5 Å². The number of aliphatic hydroxyl groups is 1. The van der Waals surface area contributed by atoms with Gasteiger partial charge in [-0.05, 0) is 6.92 Å². The summed E-state index contributed by atoms with van der Waals surface area (Å²) in [6.45, 7) is 1.88. The van der Waals surface area contributed by atoms with E-state index in [0.29, 0.717) is 0 Å². The van der Waals surface area contributed by atoms with E-state index in [1.807, 2.05) is 6.92 Å². The lowest BCUT2D eigenvalue weighted by Crippen LogP contribution is -2.01. The van der Waals surface area contributed by atoms with Crippen molar-refractivity contribution in [3.8, 4) is 12.3 Å². The van der Waals surface area contributed by atoms with Crippen molar-refractivity contribution in [2.45, 2.75) is 19.6 Å². The highest BCUT2D eigenvalue weighted by atomic mass is 16.3. The molecule has 1 unspecified atom stereocenters. The maximum atomic E-state index is 8.70. The van der Waals surface area contributed by atoms with Gasteiger partial charge in [0.1, 0.15) is 6.04 Å². The molecule has 1 heterocycles. The Morgan fingerprint density at radius 3 is 3.09 bits per heavy atom. The molecule has 0 fully saturated rings. The number of nitrogens with zero attached hydrogens (tertiary/aromatic N) is 2. The topological polar surface area (TPSA) is 38.0 Å². The van der Waals surface area contributed by atoms with Crippen LogP contribution in [-0.2, 0) is 6.61 Å². The van der Waals surface area contributed by atoms with Crippen molar-refractivity contribution in [2.24, 2.45) is 0 Å². The molecule has 1 N–H and O–H groups in total. The van der Waals surface area contributed by atoms with Gasteiger partial charge < -0.3 is 5.11 Å². The van der Waals surface area contributed by atoms with Crippen LogP contribution in [0.15, 0.2) is 12.4 Å². The molecular formula is C8H10N2O. The minimum atomic E-state index is -0.0460. The van der Waals surface area contributed by atoms with Crippen LogP contribution in [0.25, 0.3) is 0 Å². The third-order valence-electron chi connectivity index (χ3n) is 1.48. The molecule has 1 atom stereocenters. The summed E-state index contributed by atoms with van der Waals surface area (Å²) in [5.74, 6) is 2.54. The van der Waals surface area contributed by atoms with Crippen molar-refractivity contribution < 1.29 is 5.11 Å². The molecule has 0 saturated carbocycles. The number of aliphatic hydroxyl groups excluding tert-OH is 1. The summed E-state index contributed by atoms with van der Waals surface area (Å²) >= 11 is 0. The van der Waals surface area contributed by atoms with Gasteiger partial charge in [-0.1, -0.05) is 5.92 Å². The highest BCUT2D eigenvalue weighted by molar-refractivity contribution is 5.05. The Hall–Kier alpha value is -1.27. The van der Waals surface area contributed by atoms with Crippen LogP contribution < -0.4 is 0 Å². The monoisotopic (exact) mass is 150 g/mol. The second-order valence-electron chi connectivity index (χ2n) is 2.33. The summed E-state index contributed by atoms with van der Waals surface area (Å²) < 4.78 is 1.64. The first-order valence-corrected chi connectivity index (χ1v) is 3.38. The Bertz CT molecular complexity index is 272. The predicted molar refractivity (Wildman–Crippen MR) is 41.7 cm³/mol. The smallest absolute Gasteiger partial charge is 0.109 e. The van der Waals surface area contributed by atoms with E-state index in [1.165, 1.54) is 0 Å². The molecule has 1 rings (SSSR count). The summed E-state index contributed by atoms with van der Waals surface area (Å²) in [4.78, 5) is 0. The Morgan fingerprint density at radius 2 is 2.64 bits per heavy atom. The summed E-state index contributed by atoms with van der Waals surface area (Å²) in [6, 6.07) is -0.0460. The first-order valence-electron chi connectivity index (χ1n) is 3.38. The van der Waals surface area contributed by atoms with Crippen LogP contribution in [-0.4, -0.2) is 14.9 Å². The van der Waals surface area contributed by atoms with Crippen molar-refractivity contribution >= 4 is 0 Å². The zero-order valence-electron chi connectivity index (χ0n) is 6.36. The lowest BCUT2D eigenvalue weighted by Gasteiger charge is -2.01. The molecule has 0 bridgehead atoms. The molecule has 0 spiro atoms. The van der Waals surface area contributed by atoms with Crippen LogP contribution in [0.4, 0.5) is 0 Å². The molecular weight excluding hydrogens is 140 g/mol. The van der Waals surface area contributed by atoms with Crippen LogP contribution in [0, 0.1) is 12.3 Å². The van der Waals surface area contributed by atoms with Gasteiger partial charge >= 0.3 is 0 Å². The number of aromatic nitrogens is 2. The molecule has 0 saturated heterocycles. The molecule has 0 aromatic carbocycles. The molecule has 0 amide bonds. The summed E-state index contributed by atoms with van der Waals surface area (Å²) in [5, 5.41) is 12.7. The average Bonchev–Trinajstić information content (AvgIpc) is 2.50. The molecule has 3 heteroatoms. The Morgan fingerprint density at radius 1 is 1.91 bits per heavy atom. The van der Waals surface area contributed by atoms with Gasteiger partial charge in [0.05, 0.1) is 12.8 Å². The third-order valence-corrected chi connectivity index (χ3v) is 1.48. The molecule has 3 nitrogen and oxygen atoms in total. The van der Waals surface area contributed by atoms with Crippen molar-refractivity contribution in [1.82, 2.24) is 9.78 Å². The number of rotatable bonds is 2. The van der Waals surface area contributed by atoms with Gasteiger partial charge in [-0.2, -0.15) is 5.10 Å². The van der Waals surface area contributed by atoms with Crippen LogP contribution in [0.5, 0.6) is 0 Å². The van der Waals surface area contributed by atoms with Gasteiger partial charge in [0.2, 0.25) is 0 Å². The fraction of sp³-hybridized carbons (Fsp3) is 0.375. The van der Waals surface area contributed by atoms with E-state index in [0.717, 1.165) is 5.56 Å². The molecule has 1 aromatic rings. The van der Waals surface area contributed by atoms with Crippen LogP contribution in [0.3, 0.4) is 0 Å². The van der Waals surface area contributed by atoms with E-state index in [9.17, 15) is 0 Å². The lowest BCUT2D eigenvalue weighted by molar-refractivity contribution is 0.281. The van der Waals surface area contributed by atoms with Gasteiger partial charge in [0.15, 0.2) is 0 Å². The highest BCUT2D eigenvalue weighted by Gasteiger charge is 2.01. The number of terminal acetylenes is 1. The minimum Gasteiger partial charge on any atom is -0.392 e. The predicted octanol–water partition coefficient (Wildman–Crippen LogP) is 0.570. The third kappa shape index (κ3) is 1.60. The zero-order chi connectivity index (χ0) is 8.27. The lowest BCUT2D eigenvalue weighted by atomic mass is 10.3. The Balaban J connectivity index is 2.82. The SMILES string of the molecule is C#CC(C)n1cc(CO)cn1. The maximum Gasteiger partial charge on any atom is 0.109 e. The summed E-state index contributed by atoms with van der Waals surface area (Å²) in [5.41, 5.74) is 0.784. The summed E-state index contributed by atoms with van der Waals surface area (Å²) in [7, 11) is 0. The maximum absolute atomic E-state index is 8.70. The van der Waals surface area contributed by atoms with Crippen molar-refractivity contribution in [1.29, 1.82) is 0 Å². The highest BCUT2D eigenvalue weighted by Crippen LogP contribution is 2.04. The van der Waals surface area contributed by atoms with Crippen LogP contribution >= 0.6 is 0 Å². The van der Waals surface area contributed by atoms with E-state index in [2.05, 4.69) is 11.0 Å². The van der Waals surface area contributed by atoms with Crippen LogP contribution in [0.1, 0.15) is 18.5 Å². The molecule has 11 heavy (non-hydrogen) atoms. The number of hydrogen-bond acceptors (Lipinski definition) is 2. The molecule has 0 aliphatic carbocycles. The van der Waals surface area contributed by atoms with Crippen molar-refractivity contribution in [3.05, 3.63) is 18.0 Å². The largest absolute Gasteiger partial charge is 0.392 e. The normalized spacial score (nSPS) is 12.5. The fourth-order valence-electron chi connectivity index (χ4n) is 0.747. The first-order chi connectivity index (χ1) is 5.27. The molecule has 1 aromatic heterocycles. The van der Waals surface area contributed by atoms with Gasteiger partial charge in [0.25, 0.3) is 0 Å². The molecule has 0 radical (unpaired) electrons. The Labute approximate surface area is 65.7 Å². The van der Waals surface area contributed by atoms with E-state index in [-0.39, 0.29) is 12.6 Å². The van der Waals surface area contributed by atoms with Gasteiger partial charge in [-0.25, -0.2) is 0 Å². The van der Waals surface area contributed by atoms with E-state index < -0.39 is 0 Å². The molecule has 58 valence electrons. The van der Waals surface area contributed by atoms with E-state index in [1.54, 1.807) is 17.1 Å². The fourth-order valence-corrected chi connectivity index (χ4v) is 0.747. The zero-order valence-corrected chi connectivity index (χ0v) is 6.36. The van der Waals surface area contributed by atoms with Gasteiger partial charge in [-0.3, -0.25) is 4.68 Å². The number of hydrogen-bond donors (Lipinski definition) is 1. The second-order valence-corrected chi connectivity index (χ2v) is 2.33. The molecule has 0 aliphatic heterocycles. The molecule has 0 aliphatic rings. The quantitative estimate of drug-likeness (QED) is 0.626. The first kappa shape index (κ1) is 7.83. The van der Waals surface area contributed by atoms with E-state index >= 15 is 0 Å². The van der Waals surface area contributed by atoms with Crippen LogP contribution in [0.2, 0.25) is 0 Å². The van der Waals surface area contributed by atoms with Crippen molar-refractivity contribution in [2.75, 3.05) is 0 Å². The minimum absolute atomic E-state index is 0.0112. The standard InChI is InChI=1S/C8H10N2O/c1-3-7(2)10-5-8(6-11)4-9-10/h1,4-5,7,11H,6H2,2H3. The Kier molecular flexibility index (Phi) is 2.29. The van der Waals surface area contributed by atoms with Crippen molar-refractivity contribution in [3.63, 3.8) is 0 Å². The van der Waals surface area contributed by atoms with Gasteiger partial charge in [-0.15, -0.1) is 6.42 Å². The van der Waals surface area contributed by atoms with Gasteiger partial charge in [0, 0.05) is 11.8 Å².